The summed E-state index contributed by atoms with van der Waals surface area (Å²) < 4.78 is 0.319. The lowest BCUT2D eigenvalue weighted by atomic mass is 10.3. The van der Waals surface area contributed by atoms with Crippen molar-refractivity contribution in [2.24, 2.45) is 0 Å². The van der Waals surface area contributed by atoms with Crippen molar-refractivity contribution < 1.29 is 19.6 Å². The molecule has 0 aliphatic rings. The number of halogens is 1. The molecule has 3 N–H and O–H groups in total. The highest BCUT2D eigenvalue weighted by atomic mass is 79.9. The molecule has 1 rings (SSSR count). The predicted molar refractivity (Wildman–Crippen MR) is 70.0 cm³/mol. The Labute approximate surface area is 116 Å². The van der Waals surface area contributed by atoms with Gasteiger partial charge in [0, 0.05) is 16.6 Å². The normalized spacial score (nSPS) is 11.5. The second-order valence-corrected chi connectivity index (χ2v) is 4.43. The molecule has 19 heavy (non-hydrogen) atoms. The summed E-state index contributed by atoms with van der Waals surface area (Å²) >= 11 is 3.08. The summed E-state index contributed by atoms with van der Waals surface area (Å²) in [6, 6.07) is 2.03. The summed E-state index contributed by atoms with van der Waals surface area (Å²) in [6.07, 6.45) is 0. The maximum Gasteiger partial charge on any atom is 0.325 e. The smallest absolute Gasteiger partial charge is 0.325 e. The molecule has 0 aliphatic heterocycles. The van der Waals surface area contributed by atoms with E-state index in [0.717, 1.165) is 0 Å². The Morgan fingerprint density at radius 3 is 2.58 bits per heavy atom. The number of hydrogen-bond donors (Lipinski definition) is 3. The minimum atomic E-state index is -1.17. The zero-order chi connectivity index (χ0) is 14.6. The van der Waals surface area contributed by atoms with Crippen molar-refractivity contribution in [3.8, 4) is 0 Å². The molecule has 0 fully saturated rings. The molecule has 0 radical (unpaired) electrons. The van der Waals surface area contributed by atoms with Gasteiger partial charge in [0.1, 0.15) is 6.04 Å². The van der Waals surface area contributed by atoms with Crippen LogP contribution in [0.2, 0.25) is 0 Å². The number of nitro groups is 1. The minimum absolute atomic E-state index is 0.128. The number of benzene rings is 1. The van der Waals surface area contributed by atoms with Crippen LogP contribution in [0.5, 0.6) is 0 Å². The highest BCUT2D eigenvalue weighted by molar-refractivity contribution is 9.10. The third-order valence-corrected chi connectivity index (χ3v) is 2.79. The molecule has 0 saturated carbocycles. The molecule has 0 heterocycles. The molecule has 0 spiro atoms. The van der Waals surface area contributed by atoms with E-state index in [1.54, 1.807) is 0 Å². The maximum absolute atomic E-state index is 11.5. The molecule has 102 valence electrons. The van der Waals surface area contributed by atoms with Gasteiger partial charge in [-0.15, -0.1) is 0 Å². The first-order valence-electron chi connectivity index (χ1n) is 5.05. The van der Waals surface area contributed by atoms with Crippen LogP contribution in [0.1, 0.15) is 6.92 Å². The molecule has 0 unspecified atom stereocenters. The first kappa shape index (κ1) is 14.9. The molecule has 0 aromatic heterocycles. The minimum Gasteiger partial charge on any atom is -0.480 e. The van der Waals surface area contributed by atoms with E-state index in [-0.39, 0.29) is 5.69 Å². The van der Waals surface area contributed by atoms with Gasteiger partial charge in [-0.3, -0.25) is 14.9 Å². The number of amides is 2. The summed E-state index contributed by atoms with van der Waals surface area (Å²) in [7, 11) is 0. The molecule has 1 aromatic carbocycles. The number of aliphatic carboxylic acids is 1. The highest BCUT2D eigenvalue weighted by Gasteiger charge is 2.15. The Morgan fingerprint density at radius 1 is 1.47 bits per heavy atom. The van der Waals surface area contributed by atoms with E-state index in [4.69, 9.17) is 5.11 Å². The fourth-order valence-electron chi connectivity index (χ4n) is 1.14. The Kier molecular flexibility index (Phi) is 4.81. The lowest BCUT2D eigenvalue weighted by Gasteiger charge is -2.11. The van der Waals surface area contributed by atoms with Crippen LogP contribution in [0.4, 0.5) is 16.2 Å². The average Bonchev–Trinajstić information content (AvgIpc) is 2.31. The van der Waals surface area contributed by atoms with Gasteiger partial charge in [-0.1, -0.05) is 0 Å². The number of carbonyl (C=O) groups is 2. The Bertz CT molecular complexity index is 534. The number of carboxylic acids is 1. The van der Waals surface area contributed by atoms with Crippen LogP contribution in [-0.2, 0) is 4.79 Å². The van der Waals surface area contributed by atoms with Gasteiger partial charge in [0.05, 0.1) is 10.6 Å². The number of rotatable bonds is 4. The van der Waals surface area contributed by atoms with Crippen LogP contribution in [0, 0.1) is 10.1 Å². The van der Waals surface area contributed by atoms with Crippen molar-refractivity contribution in [1.29, 1.82) is 0 Å². The monoisotopic (exact) mass is 331 g/mol. The molecule has 0 saturated heterocycles. The summed E-state index contributed by atoms with van der Waals surface area (Å²) in [6.45, 7) is 1.31. The van der Waals surface area contributed by atoms with Gasteiger partial charge in [-0.05, 0) is 28.9 Å². The SMILES string of the molecule is C[C@@H](NC(=O)Nc1ccc([N+](=O)[O-])cc1Br)C(=O)O. The van der Waals surface area contributed by atoms with Crippen LogP contribution < -0.4 is 10.6 Å². The molecule has 0 bridgehead atoms. The fourth-order valence-corrected chi connectivity index (χ4v) is 1.60. The molecule has 1 aromatic rings. The lowest BCUT2D eigenvalue weighted by molar-refractivity contribution is -0.384. The van der Waals surface area contributed by atoms with E-state index in [9.17, 15) is 19.7 Å². The summed E-state index contributed by atoms with van der Waals surface area (Å²) in [5.41, 5.74) is 0.164. The number of urea groups is 1. The van der Waals surface area contributed by atoms with Crippen molar-refractivity contribution in [2.75, 3.05) is 5.32 Å². The predicted octanol–water partition coefficient (Wildman–Crippen LogP) is 1.95. The van der Waals surface area contributed by atoms with E-state index < -0.39 is 23.0 Å². The van der Waals surface area contributed by atoms with Crippen molar-refractivity contribution in [2.45, 2.75) is 13.0 Å². The molecular formula is C10H10BrN3O5. The van der Waals surface area contributed by atoms with Crippen molar-refractivity contribution in [1.82, 2.24) is 5.32 Å². The number of nitrogens with zero attached hydrogens (tertiary/aromatic N) is 1. The maximum atomic E-state index is 11.5. The number of hydrogen-bond acceptors (Lipinski definition) is 4. The molecule has 1 atom stereocenters. The second kappa shape index (κ2) is 6.14. The van der Waals surface area contributed by atoms with Gasteiger partial charge in [0.15, 0.2) is 0 Å². The molecule has 9 heteroatoms. The van der Waals surface area contributed by atoms with Gasteiger partial charge < -0.3 is 15.7 Å². The van der Waals surface area contributed by atoms with Gasteiger partial charge in [-0.2, -0.15) is 0 Å². The van der Waals surface area contributed by atoms with Gasteiger partial charge in [0.25, 0.3) is 5.69 Å². The third-order valence-electron chi connectivity index (χ3n) is 2.13. The fraction of sp³-hybridized carbons (Fsp3) is 0.200. The molecular weight excluding hydrogens is 322 g/mol. The van der Waals surface area contributed by atoms with Crippen LogP contribution in [0.15, 0.2) is 22.7 Å². The van der Waals surface area contributed by atoms with E-state index in [2.05, 4.69) is 26.6 Å². The van der Waals surface area contributed by atoms with Crippen LogP contribution in [0.3, 0.4) is 0 Å². The zero-order valence-electron chi connectivity index (χ0n) is 9.71. The summed E-state index contributed by atoms with van der Waals surface area (Å²) in [5, 5.41) is 23.7. The largest absolute Gasteiger partial charge is 0.480 e. The molecule has 2 amide bonds. The van der Waals surface area contributed by atoms with Gasteiger partial charge in [-0.25, -0.2) is 4.79 Å². The number of carbonyl (C=O) groups excluding carboxylic acids is 1. The number of anilines is 1. The Hall–Kier alpha value is -2.16. The number of nitrogens with one attached hydrogen (secondary N) is 2. The summed E-state index contributed by atoms with van der Waals surface area (Å²) in [4.78, 5) is 32.0. The summed E-state index contributed by atoms with van der Waals surface area (Å²) in [5.74, 6) is -1.17. The molecule has 0 aliphatic carbocycles. The zero-order valence-corrected chi connectivity index (χ0v) is 11.3. The Morgan fingerprint density at radius 2 is 2.11 bits per heavy atom. The average molecular weight is 332 g/mol. The second-order valence-electron chi connectivity index (χ2n) is 3.58. The van der Waals surface area contributed by atoms with Crippen LogP contribution in [0.25, 0.3) is 0 Å². The first-order chi connectivity index (χ1) is 8.81. The van der Waals surface area contributed by atoms with Crippen molar-refractivity contribution in [3.05, 3.63) is 32.8 Å². The third kappa shape index (κ3) is 4.21. The topological polar surface area (TPSA) is 122 Å². The highest BCUT2D eigenvalue weighted by Crippen LogP contribution is 2.26. The molecule has 8 nitrogen and oxygen atoms in total. The van der Waals surface area contributed by atoms with Crippen LogP contribution >= 0.6 is 15.9 Å². The quantitative estimate of drug-likeness (QED) is 0.575. The van der Waals surface area contributed by atoms with Crippen LogP contribution in [-0.4, -0.2) is 28.1 Å². The number of nitro benzene ring substituents is 1. The van der Waals surface area contributed by atoms with Crippen molar-refractivity contribution in [3.63, 3.8) is 0 Å². The van der Waals surface area contributed by atoms with E-state index in [0.29, 0.717) is 10.2 Å². The van der Waals surface area contributed by atoms with Crippen molar-refractivity contribution >= 4 is 39.3 Å². The van der Waals surface area contributed by atoms with Gasteiger partial charge in [0.2, 0.25) is 0 Å². The van der Waals surface area contributed by atoms with E-state index in [1.165, 1.54) is 25.1 Å². The number of non-ortho nitro benzene ring substituents is 1. The van der Waals surface area contributed by atoms with E-state index in [1.807, 2.05) is 0 Å². The Balaban J connectivity index is 2.75. The van der Waals surface area contributed by atoms with E-state index >= 15 is 0 Å². The first-order valence-corrected chi connectivity index (χ1v) is 5.85. The lowest BCUT2D eigenvalue weighted by Crippen LogP contribution is -2.40. The standard InChI is InChI=1S/C10H10BrN3O5/c1-5(9(15)16)12-10(17)13-8-3-2-6(14(18)19)4-7(8)11/h2-5H,1H3,(H,15,16)(H2,12,13,17)/t5-/m1/s1. The number of carboxylic acid groups (broad SMARTS) is 1. The van der Waals surface area contributed by atoms with Gasteiger partial charge >= 0.3 is 12.0 Å².